The number of aryl methyl sites for hydroxylation is 1. The lowest BCUT2D eigenvalue weighted by molar-refractivity contribution is 1.06. The van der Waals surface area contributed by atoms with Crippen LogP contribution in [0.5, 0.6) is 0 Å². The number of hydrogen-bond donors (Lipinski definition) is 0. The lowest BCUT2D eigenvalue weighted by Gasteiger charge is -2.14. The number of hydrogen-bond acceptors (Lipinski definition) is 2. The second-order valence-electron chi connectivity index (χ2n) is 3.02. The molecule has 0 atom stereocenters. The van der Waals surface area contributed by atoms with Gasteiger partial charge in [-0.1, -0.05) is 12.7 Å². The molecule has 0 spiro atoms. The van der Waals surface area contributed by atoms with Gasteiger partial charge in [-0.15, -0.1) is 0 Å². The predicted molar refractivity (Wildman–Crippen MR) is 53.4 cm³/mol. The van der Waals surface area contributed by atoms with Gasteiger partial charge in [-0.05, 0) is 18.6 Å². The summed E-state index contributed by atoms with van der Waals surface area (Å²) in [4.78, 5) is 6.29. The van der Waals surface area contributed by atoms with E-state index in [2.05, 4.69) is 17.6 Å². The first-order valence-electron chi connectivity index (χ1n) is 3.91. The van der Waals surface area contributed by atoms with Crippen molar-refractivity contribution in [2.75, 3.05) is 19.0 Å². The van der Waals surface area contributed by atoms with Gasteiger partial charge in [0.15, 0.2) is 0 Å². The molecule has 0 radical (unpaired) electrons. The second-order valence-corrected chi connectivity index (χ2v) is 3.02. The van der Waals surface area contributed by atoms with Gasteiger partial charge in [0.2, 0.25) is 0 Å². The maximum atomic E-state index is 4.30. The van der Waals surface area contributed by atoms with Crippen molar-refractivity contribution in [1.82, 2.24) is 4.98 Å². The number of anilines is 1. The van der Waals surface area contributed by atoms with E-state index < -0.39 is 0 Å². The molecule has 0 unspecified atom stereocenters. The Kier molecular flexibility index (Phi) is 2.48. The summed E-state index contributed by atoms with van der Waals surface area (Å²) in [6, 6.07) is 2.08. The van der Waals surface area contributed by atoms with E-state index in [0.717, 1.165) is 16.9 Å². The molecule has 0 saturated heterocycles. The quantitative estimate of drug-likeness (QED) is 0.662. The third-order valence-electron chi connectivity index (χ3n) is 1.68. The van der Waals surface area contributed by atoms with Crippen LogP contribution >= 0.6 is 0 Å². The molecule has 1 aromatic heterocycles. The second kappa shape index (κ2) is 3.39. The number of aromatic nitrogens is 1. The SMILES string of the molecule is C=Cc1cc(C)cnc1N(C)C. The number of nitrogens with zero attached hydrogens (tertiary/aromatic N) is 2. The van der Waals surface area contributed by atoms with Gasteiger partial charge in [0, 0.05) is 25.9 Å². The minimum atomic E-state index is 0.968. The summed E-state index contributed by atoms with van der Waals surface area (Å²) in [6.07, 6.45) is 3.69. The molecule has 0 aliphatic carbocycles. The lowest BCUT2D eigenvalue weighted by atomic mass is 10.2. The molecule has 1 rings (SSSR count). The zero-order valence-corrected chi connectivity index (χ0v) is 7.83. The highest BCUT2D eigenvalue weighted by atomic mass is 15.1. The summed E-state index contributed by atoms with van der Waals surface area (Å²) in [5, 5.41) is 0. The van der Waals surface area contributed by atoms with Gasteiger partial charge in [0.05, 0.1) is 0 Å². The predicted octanol–water partition coefficient (Wildman–Crippen LogP) is 2.10. The first-order chi connectivity index (χ1) is 5.65. The molecular weight excluding hydrogens is 148 g/mol. The Labute approximate surface area is 73.5 Å². The third kappa shape index (κ3) is 1.64. The van der Waals surface area contributed by atoms with E-state index in [1.54, 1.807) is 0 Å². The van der Waals surface area contributed by atoms with Crippen molar-refractivity contribution >= 4 is 11.9 Å². The molecule has 0 saturated carbocycles. The smallest absolute Gasteiger partial charge is 0.135 e. The monoisotopic (exact) mass is 162 g/mol. The number of pyridine rings is 1. The normalized spacial score (nSPS) is 9.58. The molecule has 0 N–H and O–H groups in total. The minimum Gasteiger partial charge on any atom is -0.362 e. The molecule has 0 aliphatic rings. The van der Waals surface area contributed by atoms with E-state index in [4.69, 9.17) is 0 Å². The van der Waals surface area contributed by atoms with E-state index in [1.807, 2.05) is 38.2 Å². The standard InChI is InChI=1S/C10H14N2/c1-5-9-6-8(2)7-11-10(9)12(3)4/h5-7H,1H2,2-4H3. The Morgan fingerprint density at radius 1 is 1.50 bits per heavy atom. The van der Waals surface area contributed by atoms with Gasteiger partial charge >= 0.3 is 0 Å². The fourth-order valence-corrected chi connectivity index (χ4v) is 1.11. The van der Waals surface area contributed by atoms with Crippen LogP contribution in [0.1, 0.15) is 11.1 Å². The maximum Gasteiger partial charge on any atom is 0.135 e. The summed E-state index contributed by atoms with van der Waals surface area (Å²) in [6.45, 7) is 5.78. The van der Waals surface area contributed by atoms with Crippen LogP contribution in [0.4, 0.5) is 5.82 Å². The fourth-order valence-electron chi connectivity index (χ4n) is 1.11. The van der Waals surface area contributed by atoms with Gasteiger partial charge in [-0.3, -0.25) is 0 Å². The van der Waals surface area contributed by atoms with E-state index in [9.17, 15) is 0 Å². The van der Waals surface area contributed by atoms with Crippen LogP contribution in [-0.4, -0.2) is 19.1 Å². The summed E-state index contributed by atoms with van der Waals surface area (Å²) in [5.74, 6) is 0.968. The highest BCUT2D eigenvalue weighted by molar-refractivity contribution is 5.62. The van der Waals surface area contributed by atoms with Crippen LogP contribution in [0, 0.1) is 6.92 Å². The van der Waals surface area contributed by atoms with Crippen molar-refractivity contribution in [1.29, 1.82) is 0 Å². The van der Waals surface area contributed by atoms with E-state index in [1.165, 1.54) is 0 Å². The maximum absolute atomic E-state index is 4.30. The van der Waals surface area contributed by atoms with Crippen LogP contribution in [0.3, 0.4) is 0 Å². The van der Waals surface area contributed by atoms with Crippen LogP contribution < -0.4 is 4.90 Å². The van der Waals surface area contributed by atoms with Crippen molar-refractivity contribution in [3.63, 3.8) is 0 Å². The first-order valence-corrected chi connectivity index (χ1v) is 3.91. The summed E-state index contributed by atoms with van der Waals surface area (Å²) < 4.78 is 0. The fraction of sp³-hybridized carbons (Fsp3) is 0.300. The zero-order valence-electron chi connectivity index (χ0n) is 7.83. The van der Waals surface area contributed by atoms with Gasteiger partial charge in [0.25, 0.3) is 0 Å². The van der Waals surface area contributed by atoms with E-state index in [0.29, 0.717) is 0 Å². The van der Waals surface area contributed by atoms with Gasteiger partial charge < -0.3 is 4.90 Å². The van der Waals surface area contributed by atoms with Gasteiger partial charge in [-0.2, -0.15) is 0 Å². The average molecular weight is 162 g/mol. The molecule has 0 amide bonds. The molecule has 2 nitrogen and oxygen atoms in total. The minimum absolute atomic E-state index is 0.968. The highest BCUT2D eigenvalue weighted by Gasteiger charge is 2.01. The van der Waals surface area contributed by atoms with Crippen molar-refractivity contribution in [2.45, 2.75) is 6.92 Å². The summed E-state index contributed by atoms with van der Waals surface area (Å²) in [5.41, 5.74) is 2.25. The van der Waals surface area contributed by atoms with Crippen molar-refractivity contribution in [2.24, 2.45) is 0 Å². The summed E-state index contributed by atoms with van der Waals surface area (Å²) in [7, 11) is 3.95. The van der Waals surface area contributed by atoms with Crippen LogP contribution in [0.25, 0.3) is 6.08 Å². The third-order valence-corrected chi connectivity index (χ3v) is 1.68. The molecule has 12 heavy (non-hydrogen) atoms. The van der Waals surface area contributed by atoms with Gasteiger partial charge in [0.1, 0.15) is 5.82 Å². The first kappa shape index (κ1) is 8.78. The van der Waals surface area contributed by atoms with Crippen LogP contribution in [0.2, 0.25) is 0 Å². The van der Waals surface area contributed by atoms with Crippen molar-refractivity contribution < 1.29 is 0 Å². The molecular formula is C10H14N2. The average Bonchev–Trinajstić information content (AvgIpc) is 2.03. The van der Waals surface area contributed by atoms with Crippen LogP contribution in [0.15, 0.2) is 18.8 Å². The Hall–Kier alpha value is -1.31. The molecule has 1 aromatic rings. The van der Waals surface area contributed by atoms with E-state index in [-0.39, 0.29) is 0 Å². The Bertz CT molecular complexity index is 290. The Morgan fingerprint density at radius 2 is 2.17 bits per heavy atom. The molecule has 1 heterocycles. The topological polar surface area (TPSA) is 16.1 Å². The molecule has 0 fully saturated rings. The van der Waals surface area contributed by atoms with Crippen molar-refractivity contribution in [3.05, 3.63) is 30.0 Å². The Morgan fingerprint density at radius 3 is 2.67 bits per heavy atom. The van der Waals surface area contributed by atoms with Crippen molar-refractivity contribution in [3.8, 4) is 0 Å². The van der Waals surface area contributed by atoms with Gasteiger partial charge in [-0.25, -0.2) is 4.98 Å². The van der Waals surface area contributed by atoms with E-state index >= 15 is 0 Å². The number of rotatable bonds is 2. The Balaban J connectivity index is 3.20. The largest absolute Gasteiger partial charge is 0.362 e. The lowest BCUT2D eigenvalue weighted by Crippen LogP contribution is -2.12. The molecule has 2 heteroatoms. The van der Waals surface area contributed by atoms with Crippen LogP contribution in [-0.2, 0) is 0 Å². The molecule has 0 bridgehead atoms. The molecule has 64 valence electrons. The summed E-state index contributed by atoms with van der Waals surface area (Å²) >= 11 is 0. The highest BCUT2D eigenvalue weighted by Crippen LogP contribution is 2.16. The molecule has 0 aliphatic heterocycles. The zero-order chi connectivity index (χ0) is 9.14. The molecule has 0 aromatic carbocycles.